The molecule has 6 rings (SSSR count). The van der Waals surface area contributed by atoms with Crippen molar-refractivity contribution in [1.82, 2.24) is 30.1 Å². The predicted molar refractivity (Wildman–Crippen MR) is 119 cm³/mol. The second-order valence-electron chi connectivity index (χ2n) is 8.85. The lowest BCUT2D eigenvalue weighted by Crippen LogP contribution is -2.41. The van der Waals surface area contributed by atoms with Crippen molar-refractivity contribution in [2.24, 2.45) is 0 Å². The molecular formula is C24H24N6O2. The number of carbonyl (C=O) groups excluding carboxylic acids is 1. The molecule has 2 aliphatic rings. The number of para-hydroxylation sites is 1. The molecule has 1 spiro atoms. The highest BCUT2D eigenvalue weighted by Crippen LogP contribution is 2.43. The number of likely N-dealkylation sites (tertiary alicyclic amines) is 1. The normalized spacial score (nSPS) is 20.7. The van der Waals surface area contributed by atoms with Crippen molar-refractivity contribution in [1.29, 1.82) is 0 Å². The van der Waals surface area contributed by atoms with E-state index in [4.69, 9.17) is 9.62 Å². The van der Waals surface area contributed by atoms with Crippen LogP contribution in [0.2, 0.25) is 0 Å². The molecule has 8 heteroatoms. The minimum absolute atomic E-state index is 0.0377. The summed E-state index contributed by atoms with van der Waals surface area (Å²) in [5.74, 6) is 0. The Morgan fingerprint density at radius 1 is 1.19 bits per heavy atom. The zero-order valence-corrected chi connectivity index (χ0v) is 17.9. The Hall–Kier alpha value is -3.68. The van der Waals surface area contributed by atoms with Crippen LogP contribution in [0.4, 0.5) is 4.79 Å². The number of nitrogens with one attached hydrogen (secondary N) is 1. The summed E-state index contributed by atoms with van der Waals surface area (Å²) in [5, 5.41) is 12.9. The molecule has 32 heavy (non-hydrogen) atoms. The Morgan fingerprint density at radius 3 is 2.94 bits per heavy atom. The molecule has 2 atom stereocenters. The van der Waals surface area contributed by atoms with Gasteiger partial charge in [-0.3, -0.25) is 9.67 Å². The first-order chi connectivity index (χ1) is 15.6. The van der Waals surface area contributed by atoms with Gasteiger partial charge in [0.15, 0.2) is 0 Å². The topological polar surface area (TPSA) is 89.1 Å². The molecule has 8 nitrogen and oxygen atoms in total. The van der Waals surface area contributed by atoms with E-state index < -0.39 is 0 Å². The molecule has 0 bridgehead atoms. The minimum Gasteiger partial charge on any atom is -0.364 e. The molecule has 0 saturated carbocycles. The molecule has 2 aliphatic heterocycles. The smallest absolute Gasteiger partial charge is 0.317 e. The number of hydrogen-bond donors (Lipinski definition) is 1. The van der Waals surface area contributed by atoms with Crippen LogP contribution in [0.3, 0.4) is 0 Å². The van der Waals surface area contributed by atoms with E-state index in [1.54, 1.807) is 6.07 Å². The number of amides is 2. The van der Waals surface area contributed by atoms with Crippen LogP contribution >= 0.6 is 0 Å². The number of rotatable bonds is 3. The van der Waals surface area contributed by atoms with Crippen molar-refractivity contribution in [3.05, 3.63) is 66.3 Å². The van der Waals surface area contributed by atoms with Gasteiger partial charge in [0.1, 0.15) is 12.0 Å². The Kier molecular flexibility index (Phi) is 4.28. The van der Waals surface area contributed by atoms with Gasteiger partial charge in [-0.25, -0.2) is 4.79 Å². The molecule has 3 aromatic heterocycles. The van der Waals surface area contributed by atoms with Crippen molar-refractivity contribution in [2.45, 2.75) is 37.8 Å². The molecule has 162 valence electrons. The Bertz CT molecular complexity index is 1300. The third-order valence-electron chi connectivity index (χ3n) is 6.89. The SMILES string of the molecule is CC(NC(=O)N1CCC2(CCn3nc(-c4cnc5ccccc5c4)cc32)C1)c1ccon1. The fraction of sp³-hybridized carbons (Fsp3) is 0.333. The number of carbonyl (C=O) groups is 1. The van der Waals surface area contributed by atoms with Crippen molar-refractivity contribution < 1.29 is 9.32 Å². The van der Waals surface area contributed by atoms with Crippen molar-refractivity contribution in [3.63, 3.8) is 0 Å². The van der Waals surface area contributed by atoms with Gasteiger partial charge in [-0.2, -0.15) is 5.10 Å². The third kappa shape index (κ3) is 3.05. The summed E-state index contributed by atoms with van der Waals surface area (Å²) in [6, 6.07) is 14.0. The van der Waals surface area contributed by atoms with Crippen LogP contribution in [0.25, 0.3) is 22.2 Å². The monoisotopic (exact) mass is 428 g/mol. The summed E-state index contributed by atoms with van der Waals surface area (Å²) in [4.78, 5) is 19.4. The molecule has 1 aromatic carbocycles. The van der Waals surface area contributed by atoms with Crippen LogP contribution in [0, 0.1) is 0 Å². The summed E-state index contributed by atoms with van der Waals surface area (Å²) in [6.45, 7) is 4.22. The summed E-state index contributed by atoms with van der Waals surface area (Å²) in [6.07, 6.45) is 5.37. The zero-order chi connectivity index (χ0) is 21.7. The second-order valence-corrected chi connectivity index (χ2v) is 8.85. The minimum atomic E-state index is -0.195. The Morgan fingerprint density at radius 2 is 2.06 bits per heavy atom. The molecule has 0 radical (unpaired) electrons. The largest absolute Gasteiger partial charge is 0.364 e. The van der Waals surface area contributed by atoms with Gasteiger partial charge < -0.3 is 14.7 Å². The first kappa shape index (κ1) is 19.0. The molecule has 1 fully saturated rings. The average molecular weight is 428 g/mol. The fourth-order valence-electron chi connectivity index (χ4n) is 5.07. The lowest BCUT2D eigenvalue weighted by atomic mass is 9.82. The van der Waals surface area contributed by atoms with Crippen LogP contribution in [-0.2, 0) is 12.0 Å². The number of hydrogen-bond acceptors (Lipinski definition) is 5. The molecular weight excluding hydrogens is 404 g/mol. The Balaban J connectivity index is 1.22. The van der Waals surface area contributed by atoms with Gasteiger partial charge in [-0.1, -0.05) is 23.4 Å². The molecule has 2 amide bonds. The van der Waals surface area contributed by atoms with E-state index in [0.29, 0.717) is 6.54 Å². The first-order valence-electron chi connectivity index (χ1n) is 11.0. The lowest BCUT2D eigenvalue weighted by Gasteiger charge is -2.24. The number of pyridine rings is 1. The molecule has 4 aromatic rings. The highest BCUT2D eigenvalue weighted by Gasteiger charge is 2.47. The van der Waals surface area contributed by atoms with Crippen molar-refractivity contribution in [2.75, 3.05) is 13.1 Å². The van der Waals surface area contributed by atoms with Crippen LogP contribution in [0.1, 0.15) is 37.2 Å². The van der Waals surface area contributed by atoms with E-state index in [9.17, 15) is 4.79 Å². The van der Waals surface area contributed by atoms with Crippen LogP contribution in [0.5, 0.6) is 0 Å². The summed E-state index contributed by atoms with van der Waals surface area (Å²) >= 11 is 0. The van der Waals surface area contributed by atoms with E-state index in [1.165, 1.54) is 12.0 Å². The predicted octanol–water partition coefficient (Wildman–Crippen LogP) is 3.90. The van der Waals surface area contributed by atoms with E-state index in [1.807, 2.05) is 36.2 Å². The summed E-state index contributed by atoms with van der Waals surface area (Å²) < 4.78 is 7.01. The summed E-state index contributed by atoms with van der Waals surface area (Å²) in [5.41, 5.74) is 4.86. The van der Waals surface area contributed by atoms with Gasteiger partial charge in [-0.05, 0) is 38.0 Å². The summed E-state index contributed by atoms with van der Waals surface area (Å²) in [7, 11) is 0. The van der Waals surface area contributed by atoms with Gasteiger partial charge in [0.05, 0.1) is 17.3 Å². The van der Waals surface area contributed by atoms with E-state index >= 15 is 0 Å². The molecule has 1 N–H and O–H groups in total. The molecule has 5 heterocycles. The maximum Gasteiger partial charge on any atom is 0.317 e. The van der Waals surface area contributed by atoms with Crippen molar-refractivity contribution in [3.8, 4) is 11.3 Å². The van der Waals surface area contributed by atoms with E-state index in [2.05, 4.69) is 38.3 Å². The molecule has 1 saturated heterocycles. The highest BCUT2D eigenvalue weighted by atomic mass is 16.5. The van der Waals surface area contributed by atoms with Gasteiger partial charge >= 0.3 is 6.03 Å². The number of aromatic nitrogens is 4. The lowest BCUT2D eigenvalue weighted by molar-refractivity contribution is 0.201. The number of aryl methyl sites for hydroxylation is 1. The van der Waals surface area contributed by atoms with Gasteiger partial charge in [0, 0.05) is 54.0 Å². The van der Waals surface area contributed by atoms with Gasteiger partial charge in [0.2, 0.25) is 0 Å². The fourth-order valence-corrected chi connectivity index (χ4v) is 5.07. The molecule has 0 aliphatic carbocycles. The van der Waals surface area contributed by atoms with Gasteiger partial charge in [-0.15, -0.1) is 0 Å². The van der Waals surface area contributed by atoms with E-state index in [0.717, 1.165) is 53.8 Å². The average Bonchev–Trinajstić information content (AvgIpc) is 3.60. The standard InChI is InChI=1S/C24H24N6O2/c1-16(19-6-11-32-28-19)26-23(31)29-9-7-24(15-29)8-10-30-22(24)13-21(27-30)18-12-17-4-2-3-5-20(17)25-14-18/h2-6,11-14,16H,7-10,15H2,1H3,(H,26,31). The first-order valence-corrected chi connectivity index (χ1v) is 11.0. The second kappa shape index (κ2) is 7.19. The van der Waals surface area contributed by atoms with E-state index in [-0.39, 0.29) is 17.5 Å². The maximum atomic E-state index is 12.9. The highest BCUT2D eigenvalue weighted by molar-refractivity contribution is 5.82. The quantitative estimate of drug-likeness (QED) is 0.535. The third-order valence-corrected chi connectivity index (χ3v) is 6.89. The number of urea groups is 1. The molecule has 2 unspecified atom stereocenters. The number of benzene rings is 1. The van der Waals surface area contributed by atoms with Crippen LogP contribution < -0.4 is 5.32 Å². The van der Waals surface area contributed by atoms with Gasteiger partial charge in [0.25, 0.3) is 0 Å². The zero-order valence-electron chi connectivity index (χ0n) is 17.9. The maximum absolute atomic E-state index is 12.9. The van der Waals surface area contributed by atoms with Crippen LogP contribution in [0.15, 0.2) is 59.4 Å². The number of nitrogens with zero attached hydrogens (tertiary/aromatic N) is 5. The number of fused-ring (bicyclic) bond motifs is 3. The van der Waals surface area contributed by atoms with Crippen LogP contribution in [-0.4, -0.2) is 43.9 Å². The van der Waals surface area contributed by atoms with Crippen molar-refractivity contribution >= 4 is 16.9 Å². The Labute approximate surface area is 185 Å².